The highest BCUT2D eigenvalue weighted by molar-refractivity contribution is 8.06. The molecule has 0 bridgehead atoms. The summed E-state index contributed by atoms with van der Waals surface area (Å²) in [6, 6.07) is 18.7. The van der Waals surface area contributed by atoms with Crippen molar-refractivity contribution in [2.24, 2.45) is 0 Å². The molecular formula is C22H27ClS2. The molecule has 2 rings (SSSR count). The lowest BCUT2D eigenvalue weighted by molar-refractivity contribution is 0.610. The number of thioether (sulfide) groups is 2. The van der Waals surface area contributed by atoms with Crippen LogP contribution in [0.5, 0.6) is 0 Å². The van der Waals surface area contributed by atoms with E-state index in [2.05, 4.69) is 54.8 Å². The minimum absolute atomic E-state index is 0.796. The van der Waals surface area contributed by atoms with Crippen LogP contribution in [0.4, 0.5) is 0 Å². The fraction of sp³-hybridized carbons (Fsp3) is 0.364. The lowest BCUT2D eigenvalue weighted by atomic mass is 10.1. The average Bonchev–Trinajstić information content (AvgIpc) is 2.65. The summed E-state index contributed by atoms with van der Waals surface area (Å²) in [7, 11) is 0. The van der Waals surface area contributed by atoms with Gasteiger partial charge in [0.1, 0.15) is 0 Å². The minimum atomic E-state index is 0.796. The molecule has 25 heavy (non-hydrogen) atoms. The zero-order valence-electron chi connectivity index (χ0n) is 14.9. The molecule has 3 heteroatoms. The predicted octanol–water partition coefficient (Wildman–Crippen LogP) is 8.82. The Morgan fingerprint density at radius 2 is 1.52 bits per heavy atom. The van der Waals surface area contributed by atoms with E-state index in [1.54, 1.807) is 0 Å². The normalized spacial score (nSPS) is 11.7. The Morgan fingerprint density at radius 3 is 2.24 bits per heavy atom. The zero-order valence-corrected chi connectivity index (χ0v) is 17.3. The van der Waals surface area contributed by atoms with Gasteiger partial charge in [0.2, 0.25) is 0 Å². The van der Waals surface area contributed by atoms with E-state index in [-0.39, 0.29) is 0 Å². The lowest BCUT2D eigenvalue weighted by Crippen LogP contribution is -1.83. The van der Waals surface area contributed by atoms with Crippen molar-refractivity contribution in [2.75, 3.05) is 0 Å². The predicted molar refractivity (Wildman–Crippen MR) is 116 cm³/mol. The van der Waals surface area contributed by atoms with Crippen molar-refractivity contribution in [2.45, 2.75) is 61.7 Å². The van der Waals surface area contributed by atoms with Crippen LogP contribution >= 0.6 is 35.1 Å². The third kappa shape index (κ3) is 8.89. The molecule has 0 aliphatic heterocycles. The van der Waals surface area contributed by atoms with Crippen molar-refractivity contribution >= 4 is 35.1 Å². The Bertz CT molecular complexity index is 620. The van der Waals surface area contributed by atoms with Gasteiger partial charge in [-0.1, -0.05) is 92.4 Å². The van der Waals surface area contributed by atoms with Gasteiger partial charge in [-0.2, -0.15) is 0 Å². The van der Waals surface area contributed by atoms with Gasteiger partial charge >= 0.3 is 0 Å². The van der Waals surface area contributed by atoms with E-state index in [1.807, 2.05) is 35.7 Å². The molecule has 0 fully saturated rings. The monoisotopic (exact) mass is 390 g/mol. The highest BCUT2D eigenvalue weighted by Gasteiger charge is 2.03. The van der Waals surface area contributed by atoms with Gasteiger partial charge in [-0.15, -0.1) is 0 Å². The third-order valence-corrected chi connectivity index (χ3v) is 6.35. The Morgan fingerprint density at radius 1 is 0.840 bits per heavy atom. The van der Waals surface area contributed by atoms with Crippen molar-refractivity contribution < 1.29 is 0 Å². The number of unbranched alkanes of at least 4 members (excludes halogenated alkanes) is 5. The molecule has 0 aromatic heterocycles. The topological polar surface area (TPSA) is 0 Å². The molecule has 2 aromatic rings. The minimum Gasteiger partial charge on any atom is -0.0972 e. The van der Waals surface area contributed by atoms with Crippen LogP contribution in [0.25, 0.3) is 0 Å². The first kappa shape index (κ1) is 20.5. The van der Waals surface area contributed by atoms with E-state index in [0.717, 1.165) is 11.4 Å². The highest BCUT2D eigenvalue weighted by Crippen LogP contribution is 2.34. The van der Waals surface area contributed by atoms with Crippen LogP contribution in [0.2, 0.25) is 5.02 Å². The van der Waals surface area contributed by atoms with Gasteiger partial charge in [0.15, 0.2) is 0 Å². The van der Waals surface area contributed by atoms with Crippen LogP contribution < -0.4 is 0 Å². The number of halogens is 1. The number of allylic oxidation sites excluding steroid dienone is 1. The molecule has 0 amide bonds. The number of rotatable bonds is 11. The van der Waals surface area contributed by atoms with Crippen LogP contribution in [0.3, 0.4) is 0 Å². The zero-order chi connectivity index (χ0) is 17.7. The first-order valence-electron chi connectivity index (χ1n) is 9.12. The van der Waals surface area contributed by atoms with Gasteiger partial charge in [-0.3, -0.25) is 0 Å². The van der Waals surface area contributed by atoms with Crippen LogP contribution in [0.1, 0.15) is 51.9 Å². The standard InChI is InChI=1S/C22H27ClS2/c1-2-3-4-5-6-8-13-22(18-24-20-11-9-7-10-12-20)25-21-16-14-19(23)15-17-21/h7,9-12,14-18H,2-6,8,13H2,1H3/b22-18+. The second kappa shape index (κ2) is 12.5. The van der Waals surface area contributed by atoms with Crippen LogP contribution in [-0.4, -0.2) is 0 Å². The summed E-state index contributed by atoms with van der Waals surface area (Å²) in [6.45, 7) is 2.27. The van der Waals surface area contributed by atoms with E-state index < -0.39 is 0 Å². The maximum atomic E-state index is 6.01. The summed E-state index contributed by atoms with van der Waals surface area (Å²) < 4.78 is 0. The van der Waals surface area contributed by atoms with E-state index >= 15 is 0 Å². The largest absolute Gasteiger partial charge is 0.0972 e. The summed E-state index contributed by atoms with van der Waals surface area (Å²) >= 11 is 9.69. The lowest BCUT2D eigenvalue weighted by Gasteiger charge is -2.08. The van der Waals surface area contributed by atoms with Gasteiger partial charge in [0.05, 0.1) is 0 Å². The van der Waals surface area contributed by atoms with Crippen molar-refractivity contribution in [1.29, 1.82) is 0 Å². The fourth-order valence-corrected chi connectivity index (χ4v) is 4.48. The van der Waals surface area contributed by atoms with Gasteiger partial charge < -0.3 is 0 Å². The quantitative estimate of drug-likeness (QED) is 0.277. The molecular weight excluding hydrogens is 364 g/mol. The summed E-state index contributed by atoms with van der Waals surface area (Å²) in [5, 5.41) is 3.12. The molecule has 0 heterocycles. The number of benzene rings is 2. The molecule has 2 aromatic carbocycles. The van der Waals surface area contributed by atoms with Gasteiger partial charge in [-0.05, 0) is 59.6 Å². The number of hydrogen-bond acceptors (Lipinski definition) is 2. The molecule has 0 radical (unpaired) electrons. The molecule has 0 unspecified atom stereocenters. The molecule has 0 nitrogen and oxygen atoms in total. The van der Waals surface area contributed by atoms with Crippen molar-refractivity contribution in [3.05, 3.63) is 69.9 Å². The van der Waals surface area contributed by atoms with Crippen molar-refractivity contribution in [3.63, 3.8) is 0 Å². The second-order valence-corrected chi connectivity index (χ2v) is 8.67. The highest BCUT2D eigenvalue weighted by atomic mass is 35.5. The molecule has 0 N–H and O–H groups in total. The Kier molecular flexibility index (Phi) is 10.3. The second-order valence-electron chi connectivity index (χ2n) is 6.09. The van der Waals surface area contributed by atoms with Crippen molar-refractivity contribution in [1.82, 2.24) is 0 Å². The Hall–Kier alpha value is -0.830. The first-order chi connectivity index (χ1) is 12.3. The average molecular weight is 391 g/mol. The van der Waals surface area contributed by atoms with E-state index in [0.29, 0.717) is 0 Å². The smallest absolute Gasteiger partial charge is 0.0406 e. The SMILES string of the molecule is CCCCCCCC/C(=C\Sc1ccccc1)Sc1ccc(Cl)cc1. The Balaban J connectivity index is 1.91. The molecule has 0 aliphatic carbocycles. The molecule has 0 aliphatic rings. The molecule has 0 saturated heterocycles. The fourth-order valence-electron chi connectivity index (χ4n) is 2.50. The van der Waals surface area contributed by atoms with E-state index in [9.17, 15) is 0 Å². The summed E-state index contributed by atoms with van der Waals surface area (Å²) in [4.78, 5) is 3.99. The van der Waals surface area contributed by atoms with Crippen molar-refractivity contribution in [3.8, 4) is 0 Å². The maximum absolute atomic E-state index is 6.01. The molecule has 0 spiro atoms. The maximum Gasteiger partial charge on any atom is 0.0406 e. The van der Waals surface area contributed by atoms with Crippen LogP contribution in [0, 0.1) is 0 Å². The number of hydrogen-bond donors (Lipinski definition) is 0. The Labute approximate surface area is 166 Å². The third-order valence-electron chi connectivity index (χ3n) is 3.91. The molecule has 134 valence electrons. The van der Waals surface area contributed by atoms with Gasteiger partial charge in [-0.25, -0.2) is 0 Å². The summed E-state index contributed by atoms with van der Waals surface area (Å²) in [6.07, 6.45) is 9.16. The van der Waals surface area contributed by atoms with Gasteiger partial charge in [0, 0.05) is 14.8 Å². The van der Waals surface area contributed by atoms with E-state index in [4.69, 9.17) is 11.6 Å². The van der Waals surface area contributed by atoms with E-state index in [1.165, 1.54) is 53.2 Å². The summed E-state index contributed by atoms with van der Waals surface area (Å²) in [5.74, 6) is 0. The van der Waals surface area contributed by atoms with Crippen LogP contribution in [0.15, 0.2) is 74.7 Å². The first-order valence-corrected chi connectivity index (χ1v) is 11.2. The molecule has 0 saturated carbocycles. The molecule has 0 atom stereocenters. The van der Waals surface area contributed by atoms with Gasteiger partial charge in [0.25, 0.3) is 0 Å². The van der Waals surface area contributed by atoms with Crippen LogP contribution in [-0.2, 0) is 0 Å². The summed E-state index contributed by atoms with van der Waals surface area (Å²) in [5.41, 5.74) is 0.